The number of hydrogen-bond donors (Lipinski definition) is 2. The number of rotatable bonds is 0. The van der Waals surface area contributed by atoms with Gasteiger partial charge in [0.05, 0.1) is 0 Å². The zero-order valence-electron chi connectivity index (χ0n) is 17.7. The van der Waals surface area contributed by atoms with Crippen molar-refractivity contribution in [3.05, 3.63) is 0 Å². The van der Waals surface area contributed by atoms with E-state index in [1.807, 2.05) is 0 Å². The monoisotopic (exact) mass is 360 g/mol. The first-order chi connectivity index (χ1) is 12.3. The summed E-state index contributed by atoms with van der Waals surface area (Å²) in [6.07, 6.45) is 18.5. The molecular weight excluding hydrogens is 316 g/mol. The molecule has 6 rings (SSSR count). The summed E-state index contributed by atoms with van der Waals surface area (Å²) >= 11 is 0. The maximum atomic E-state index is 6.91. The Morgan fingerprint density at radius 1 is 0.692 bits per heavy atom. The third-order valence-electron chi connectivity index (χ3n) is 10.3. The molecule has 26 heavy (non-hydrogen) atoms. The molecule has 0 aromatic carbocycles. The van der Waals surface area contributed by atoms with E-state index < -0.39 is 0 Å². The van der Waals surface area contributed by atoms with E-state index >= 15 is 0 Å². The van der Waals surface area contributed by atoms with Gasteiger partial charge >= 0.3 is 0 Å². The minimum atomic E-state index is -0.261. The molecule has 0 radical (unpaired) electrons. The van der Waals surface area contributed by atoms with Crippen molar-refractivity contribution in [2.45, 2.75) is 115 Å². The zero-order chi connectivity index (χ0) is 18.6. The molecule has 150 valence electrons. The third-order valence-corrected chi connectivity index (χ3v) is 10.3. The Balaban J connectivity index is 1.64. The maximum absolute atomic E-state index is 6.91. The van der Waals surface area contributed by atoms with Crippen LogP contribution in [0.1, 0.15) is 104 Å². The smallest absolute Gasteiger partial charge is 0.0331 e. The van der Waals surface area contributed by atoms with Crippen LogP contribution in [-0.2, 0) is 0 Å². The minimum absolute atomic E-state index is 0.252. The van der Waals surface area contributed by atoms with Crippen LogP contribution >= 0.6 is 0 Å². The molecule has 1 spiro atoms. The quantitative estimate of drug-likeness (QED) is 0.588. The lowest BCUT2D eigenvalue weighted by molar-refractivity contribution is -0.129. The van der Waals surface area contributed by atoms with Gasteiger partial charge in [-0.1, -0.05) is 51.9 Å². The molecule has 0 amide bonds. The van der Waals surface area contributed by atoms with Gasteiger partial charge in [0.25, 0.3) is 0 Å². The molecule has 6 fully saturated rings. The Kier molecular flexibility index (Phi) is 5.01. The second-order valence-electron chi connectivity index (χ2n) is 11.4. The van der Waals surface area contributed by atoms with E-state index in [4.69, 9.17) is 11.5 Å². The van der Waals surface area contributed by atoms with Crippen LogP contribution < -0.4 is 11.5 Å². The lowest BCUT2D eigenvalue weighted by Crippen LogP contribution is -2.65. The van der Waals surface area contributed by atoms with Crippen molar-refractivity contribution in [3.63, 3.8) is 0 Å². The van der Waals surface area contributed by atoms with Crippen LogP contribution in [0.25, 0.3) is 0 Å². The topological polar surface area (TPSA) is 52.0 Å². The van der Waals surface area contributed by atoms with Gasteiger partial charge in [-0.15, -0.1) is 0 Å². The molecule has 6 aliphatic carbocycles. The highest BCUT2D eigenvalue weighted by molar-refractivity contribution is 5.10. The predicted molar refractivity (Wildman–Crippen MR) is 111 cm³/mol. The highest BCUT2D eigenvalue weighted by Crippen LogP contribution is 2.68. The third kappa shape index (κ3) is 2.89. The van der Waals surface area contributed by atoms with Crippen molar-refractivity contribution >= 4 is 0 Å². The Morgan fingerprint density at radius 2 is 1.23 bits per heavy atom. The van der Waals surface area contributed by atoms with E-state index in [1.165, 1.54) is 57.8 Å². The second kappa shape index (κ2) is 6.76. The Labute approximate surface area is 162 Å². The fraction of sp³-hybridized carbons (Fsp3) is 1.00. The van der Waals surface area contributed by atoms with Gasteiger partial charge in [-0.2, -0.15) is 0 Å². The molecule has 6 saturated carbocycles. The second-order valence-corrected chi connectivity index (χ2v) is 11.4. The molecule has 0 aromatic rings. The van der Waals surface area contributed by atoms with Crippen molar-refractivity contribution < 1.29 is 0 Å². The normalized spacial score (nSPS) is 51.8. The van der Waals surface area contributed by atoms with Crippen LogP contribution in [-0.4, -0.2) is 11.1 Å². The van der Waals surface area contributed by atoms with E-state index in [1.54, 1.807) is 19.3 Å². The van der Waals surface area contributed by atoms with Gasteiger partial charge in [-0.3, -0.25) is 0 Å². The first-order valence-corrected chi connectivity index (χ1v) is 11.9. The molecule has 7 atom stereocenters. The summed E-state index contributed by atoms with van der Waals surface area (Å²) in [7, 11) is 0. The highest BCUT2D eigenvalue weighted by atomic mass is 14.9. The Hall–Kier alpha value is -0.0800. The molecule has 2 heteroatoms. The van der Waals surface area contributed by atoms with Gasteiger partial charge in [-0.25, -0.2) is 0 Å². The van der Waals surface area contributed by atoms with Crippen molar-refractivity contribution in [2.75, 3.05) is 0 Å². The van der Waals surface area contributed by atoms with Gasteiger partial charge in [0.1, 0.15) is 0 Å². The molecule has 6 aliphatic rings. The molecule has 2 nitrogen and oxygen atoms in total. The van der Waals surface area contributed by atoms with Crippen molar-refractivity contribution in [3.8, 4) is 0 Å². The molecular formula is C24H44N2. The lowest BCUT2D eigenvalue weighted by Gasteiger charge is -2.62. The summed E-state index contributed by atoms with van der Waals surface area (Å²) in [5.74, 6) is 4.50. The van der Waals surface area contributed by atoms with E-state index in [0.29, 0.717) is 5.92 Å². The van der Waals surface area contributed by atoms with Crippen molar-refractivity contribution in [1.29, 1.82) is 0 Å². The number of fused-ring (bicyclic) bond motifs is 2. The van der Waals surface area contributed by atoms with Gasteiger partial charge in [0, 0.05) is 11.1 Å². The lowest BCUT2D eigenvalue weighted by atomic mass is 9.43. The van der Waals surface area contributed by atoms with Gasteiger partial charge in [0.15, 0.2) is 0 Å². The Bertz CT molecular complexity index is 502. The first-order valence-electron chi connectivity index (χ1n) is 11.9. The standard InChI is InChI=1S/C24H44N2/c1-17-8-6-9-18-10-7-11-19(12-15-22(2,25)23(17,3)26)21-16-20(18)24(21)13-4-5-14-24/h17-21H,4-16,25-26H2,1-3H3. The molecule has 0 saturated heterocycles. The SMILES string of the molecule is CC1CCCC2CCCC(CCC(C)(N)C1(C)N)C1CC2C12CCCC2. The van der Waals surface area contributed by atoms with Gasteiger partial charge < -0.3 is 11.5 Å². The average Bonchev–Trinajstić information content (AvgIpc) is 3.06. The molecule has 0 aromatic heterocycles. The summed E-state index contributed by atoms with van der Waals surface area (Å²) in [6.45, 7) is 6.84. The zero-order valence-corrected chi connectivity index (χ0v) is 17.7. The average molecular weight is 361 g/mol. The fourth-order valence-electron chi connectivity index (χ4n) is 8.00. The van der Waals surface area contributed by atoms with E-state index in [2.05, 4.69) is 20.8 Å². The maximum Gasteiger partial charge on any atom is 0.0331 e. The van der Waals surface area contributed by atoms with Crippen LogP contribution in [0.2, 0.25) is 0 Å². The summed E-state index contributed by atoms with van der Waals surface area (Å²) in [5, 5.41) is 0. The van der Waals surface area contributed by atoms with E-state index in [0.717, 1.165) is 35.5 Å². The summed E-state index contributed by atoms with van der Waals surface area (Å²) in [4.78, 5) is 0. The van der Waals surface area contributed by atoms with Crippen LogP contribution in [0.4, 0.5) is 0 Å². The van der Waals surface area contributed by atoms with Gasteiger partial charge in [-0.05, 0) is 87.4 Å². The Morgan fingerprint density at radius 3 is 1.85 bits per heavy atom. The van der Waals surface area contributed by atoms with Gasteiger partial charge in [0.2, 0.25) is 0 Å². The predicted octanol–water partition coefficient (Wildman–Crippen LogP) is 5.63. The molecule has 0 heterocycles. The summed E-state index contributed by atoms with van der Waals surface area (Å²) in [6, 6.07) is 0. The van der Waals surface area contributed by atoms with E-state index in [9.17, 15) is 0 Å². The summed E-state index contributed by atoms with van der Waals surface area (Å²) in [5.41, 5.74) is 14.0. The van der Waals surface area contributed by atoms with Crippen LogP contribution in [0, 0.1) is 35.0 Å². The molecule has 4 N–H and O–H groups in total. The molecule has 0 aliphatic heterocycles. The van der Waals surface area contributed by atoms with Crippen LogP contribution in [0.3, 0.4) is 0 Å². The number of hydrogen-bond acceptors (Lipinski definition) is 2. The largest absolute Gasteiger partial charge is 0.324 e. The summed E-state index contributed by atoms with van der Waals surface area (Å²) < 4.78 is 0. The highest BCUT2D eigenvalue weighted by Gasteiger charge is 2.60. The minimum Gasteiger partial charge on any atom is -0.324 e. The first kappa shape index (κ1) is 19.2. The van der Waals surface area contributed by atoms with Crippen molar-refractivity contribution in [1.82, 2.24) is 0 Å². The molecule has 7 unspecified atom stereocenters. The van der Waals surface area contributed by atoms with Crippen LogP contribution in [0.5, 0.6) is 0 Å². The van der Waals surface area contributed by atoms with E-state index in [-0.39, 0.29) is 11.1 Å². The van der Waals surface area contributed by atoms with Crippen LogP contribution in [0.15, 0.2) is 0 Å². The number of nitrogens with two attached hydrogens (primary N) is 2. The molecule has 4 bridgehead atoms. The van der Waals surface area contributed by atoms with Crippen molar-refractivity contribution in [2.24, 2.45) is 46.5 Å². The fourth-order valence-corrected chi connectivity index (χ4v) is 8.00.